The van der Waals surface area contributed by atoms with Gasteiger partial charge in [-0.1, -0.05) is 6.92 Å². The van der Waals surface area contributed by atoms with Crippen molar-refractivity contribution in [1.29, 1.82) is 0 Å². The molecule has 0 aliphatic rings. The Morgan fingerprint density at radius 3 is 3.06 bits per heavy atom. The summed E-state index contributed by atoms with van der Waals surface area (Å²) in [4.78, 5) is 8.07. The molecule has 16 heavy (non-hydrogen) atoms. The second-order valence-corrected chi connectivity index (χ2v) is 4.51. The SMILES string of the molecule is CCCNC(COC)CSc1ccncn1. The van der Waals surface area contributed by atoms with Crippen LogP contribution in [0, 0.1) is 0 Å². The maximum atomic E-state index is 5.18. The van der Waals surface area contributed by atoms with Gasteiger partial charge in [0.15, 0.2) is 0 Å². The van der Waals surface area contributed by atoms with Crippen molar-refractivity contribution in [3.05, 3.63) is 18.6 Å². The van der Waals surface area contributed by atoms with Crippen LogP contribution in [0.15, 0.2) is 23.6 Å². The molecule has 4 nitrogen and oxygen atoms in total. The van der Waals surface area contributed by atoms with Gasteiger partial charge < -0.3 is 10.1 Å². The molecule has 0 spiro atoms. The molecule has 1 heterocycles. The first-order valence-corrected chi connectivity index (χ1v) is 6.46. The van der Waals surface area contributed by atoms with Crippen molar-refractivity contribution in [3.8, 4) is 0 Å². The minimum absolute atomic E-state index is 0.380. The first-order chi connectivity index (χ1) is 7.86. The van der Waals surface area contributed by atoms with Crippen LogP contribution in [0.5, 0.6) is 0 Å². The number of methoxy groups -OCH3 is 1. The molecule has 0 aromatic carbocycles. The van der Waals surface area contributed by atoms with Gasteiger partial charge in [-0.2, -0.15) is 0 Å². The number of hydrogen-bond donors (Lipinski definition) is 1. The van der Waals surface area contributed by atoms with E-state index in [4.69, 9.17) is 4.74 Å². The fraction of sp³-hybridized carbons (Fsp3) is 0.636. The molecule has 0 saturated carbocycles. The van der Waals surface area contributed by atoms with Crippen molar-refractivity contribution in [2.24, 2.45) is 0 Å². The van der Waals surface area contributed by atoms with Gasteiger partial charge in [0.05, 0.1) is 11.6 Å². The van der Waals surface area contributed by atoms with Crippen molar-refractivity contribution >= 4 is 11.8 Å². The van der Waals surface area contributed by atoms with E-state index in [1.54, 1.807) is 31.4 Å². The third-order valence-corrected chi connectivity index (χ3v) is 3.14. The van der Waals surface area contributed by atoms with Gasteiger partial charge in [0, 0.05) is 25.1 Å². The summed E-state index contributed by atoms with van der Waals surface area (Å²) in [6.07, 6.45) is 4.48. The number of ether oxygens (including phenoxy) is 1. The van der Waals surface area contributed by atoms with E-state index in [1.165, 1.54) is 0 Å². The second kappa shape index (κ2) is 8.50. The van der Waals surface area contributed by atoms with Crippen LogP contribution >= 0.6 is 11.8 Å². The molecule has 5 heteroatoms. The Morgan fingerprint density at radius 2 is 2.44 bits per heavy atom. The number of aromatic nitrogens is 2. The van der Waals surface area contributed by atoms with Gasteiger partial charge in [0.25, 0.3) is 0 Å². The van der Waals surface area contributed by atoms with Crippen LogP contribution in [-0.2, 0) is 4.74 Å². The first-order valence-electron chi connectivity index (χ1n) is 5.48. The largest absolute Gasteiger partial charge is 0.383 e. The summed E-state index contributed by atoms with van der Waals surface area (Å²) >= 11 is 1.73. The topological polar surface area (TPSA) is 47.0 Å². The van der Waals surface area contributed by atoms with E-state index in [-0.39, 0.29) is 0 Å². The molecule has 0 aliphatic heterocycles. The predicted molar refractivity (Wildman–Crippen MR) is 66.7 cm³/mol. The molecule has 1 aromatic heterocycles. The predicted octanol–water partition coefficient (Wildman–Crippen LogP) is 1.58. The first kappa shape index (κ1) is 13.4. The Kier molecular flexibility index (Phi) is 7.12. The highest BCUT2D eigenvalue weighted by Crippen LogP contribution is 2.14. The monoisotopic (exact) mass is 241 g/mol. The van der Waals surface area contributed by atoms with Crippen LogP contribution in [0.3, 0.4) is 0 Å². The van der Waals surface area contributed by atoms with E-state index in [9.17, 15) is 0 Å². The Balaban J connectivity index is 2.31. The Bertz CT molecular complexity index is 271. The quantitative estimate of drug-likeness (QED) is 0.553. The fourth-order valence-electron chi connectivity index (χ4n) is 1.27. The lowest BCUT2D eigenvalue weighted by Crippen LogP contribution is -2.35. The highest BCUT2D eigenvalue weighted by Gasteiger charge is 2.08. The summed E-state index contributed by atoms with van der Waals surface area (Å²) in [5, 5.41) is 4.46. The zero-order chi connectivity index (χ0) is 11.6. The van der Waals surface area contributed by atoms with E-state index >= 15 is 0 Å². The lowest BCUT2D eigenvalue weighted by molar-refractivity contribution is 0.174. The average molecular weight is 241 g/mol. The van der Waals surface area contributed by atoms with Crippen LogP contribution in [-0.4, -0.2) is 42.0 Å². The number of rotatable bonds is 8. The summed E-state index contributed by atoms with van der Waals surface area (Å²) in [6.45, 7) is 3.92. The third kappa shape index (κ3) is 5.44. The maximum Gasteiger partial charge on any atom is 0.116 e. The summed E-state index contributed by atoms with van der Waals surface area (Å²) < 4.78 is 5.18. The van der Waals surface area contributed by atoms with Crippen LogP contribution < -0.4 is 5.32 Å². The molecule has 0 fully saturated rings. The van der Waals surface area contributed by atoms with E-state index < -0.39 is 0 Å². The van der Waals surface area contributed by atoms with Gasteiger partial charge in [-0.25, -0.2) is 9.97 Å². The van der Waals surface area contributed by atoms with Gasteiger partial charge in [0.1, 0.15) is 6.33 Å². The number of hydrogen-bond acceptors (Lipinski definition) is 5. The molecule has 0 aliphatic carbocycles. The summed E-state index contributed by atoms with van der Waals surface area (Å²) in [5.41, 5.74) is 0. The molecule has 0 radical (unpaired) electrons. The lowest BCUT2D eigenvalue weighted by atomic mass is 10.3. The molecular weight excluding hydrogens is 222 g/mol. The van der Waals surface area contributed by atoms with Gasteiger partial charge in [-0.15, -0.1) is 11.8 Å². The van der Waals surface area contributed by atoms with Crippen LogP contribution in [0.2, 0.25) is 0 Å². The van der Waals surface area contributed by atoms with E-state index in [0.717, 1.165) is 30.4 Å². The van der Waals surface area contributed by atoms with Gasteiger partial charge in [-0.05, 0) is 19.0 Å². The zero-order valence-corrected chi connectivity index (χ0v) is 10.7. The smallest absolute Gasteiger partial charge is 0.116 e. The molecule has 0 saturated heterocycles. The molecule has 1 N–H and O–H groups in total. The van der Waals surface area contributed by atoms with Crippen molar-refractivity contribution in [2.75, 3.05) is 26.0 Å². The van der Waals surface area contributed by atoms with Crippen LogP contribution in [0.25, 0.3) is 0 Å². The fourth-order valence-corrected chi connectivity index (χ4v) is 2.13. The average Bonchev–Trinajstić information content (AvgIpc) is 2.34. The van der Waals surface area contributed by atoms with E-state index in [2.05, 4.69) is 22.2 Å². The van der Waals surface area contributed by atoms with Crippen molar-refractivity contribution in [1.82, 2.24) is 15.3 Å². The minimum atomic E-state index is 0.380. The van der Waals surface area contributed by atoms with E-state index in [0.29, 0.717) is 6.04 Å². The van der Waals surface area contributed by atoms with Crippen LogP contribution in [0.1, 0.15) is 13.3 Å². The number of nitrogens with one attached hydrogen (secondary N) is 1. The summed E-state index contributed by atoms with van der Waals surface area (Å²) in [7, 11) is 1.73. The van der Waals surface area contributed by atoms with Crippen molar-refractivity contribution in [3.63, 3.8) is 0 Å². The van der Waals surface area contributed by atoms with Crippen molar-refractivity contribution < 1.29 is 4.74 Å². The third-order valence-electron chi connectivity index (χ3n) is 2.04. The second-order valence-electron chi connectivity index (χ2n) is 3.47. The maximum absolute atomic E-state index is 5.18. The van der Waals surface area contributed by atoms with Gasteiger partial charge >= 0.3 is 0 Å². The molecule has 0 bridgehead atoms. The summed E-state index contributed by atoms with van der Waals surface area (Å²) in [5.74, 6) is 0.963. The minimum Gasteiger partial charge on any atom is -0.383 e. The molecule has 1 unspecified atom stereocenters. The molecule has 1 atom stereocenters. The standard InChI is InChI=1S/C11H19N3OS/c1-3-5-13-10(7-15-2)8-16-11-4-6-12-9-14-11/h4,6,9-10,13H,3,5,7-8H2,1-2H3. The Morgan fingerprint density at radius 1 is 1.56 bits per heavy atom. The highest BCUT2D eigenvalue weighted by molar-refractivity contribution is 7.99. The van der Waals surface area contributed by atoms with Gasteiger partial charge in [-0.3, -0.25) is 0 Å². The lowest BCUT2D eigenvalue weighted by Gasteiger charge is -2.16. The zero-order valence-electron chi connectivity index (χ0n) is 9.85. The normalized spacial score (nSPS) is 12.6. The molecule has 1 rings (SSSR count). The Hall–Kier alpha value is -0.650. The number of nitrogens with zero attached hydrogens (tertiary/aromatic N) is 2. The molecule has 90 valence electrons. The molecule has 0 amide bonds. The van der Waals surface area contributed by atoms with Crippen LogP contribution in [0.4, 0.5) is 0 Å². The molecular formula is C11H19N3OS. The van der Waals surface area contributed by atoms with Gasteiger partial charge in [0.2, 0.25) is 0 Å². The molecule has 1 aromatic rings. The summed E-state index contributed by atoms with van der Waals surface area (Å²) in [6, 6.07) is 2.30. The highest BCUT2D eigenvalue weighted by atomic mass is 32.2. The number of thioether (sulfide) groups is 1. The van der Waals surface area contributed by atoms with E-state index in [1.807, 2.05) is 6.07 Å². The Labute approximate surface area is 101 Å². The van der Waals surface area contributed by atoms with Crippen molar-refractivity contribution in [2.45, 2.75) is 24.4 Å².